The molecule has 0 atom stereocenters. The third-order valence-corrected chi connectivity index (χ3v) is 5.85. The van der Waals surface area contributed by atoms with Gasteiger partial charge in [-0.2, -0.15) is 0 Å². The van der Waals surface area contributed by atoms with Crippen LogP contribution in [0.3, 0.4) is 0 Å². The molecule has 1 saturated heterocycles. The van der Waals surface area contributed by atoms with E-state index >= 15 is 0 Å². The second-order valence-corrected chi connectivity index (χ2v) is 7.88. The molecule has 0 radical (unpaired) electrons. The first-order valence-electron chi connectivity index (χ1n) is 10.3. The van der Waals surface area contributed by atoms with Gasteiger partial charge in [-0.15, -0.1) is 0 Å². The number of nitrogens with one attached hydrogen (secondary N) is 2. The molecule has 0 bridgehead atoms. The van der Waals surface area contributed by atoms with Crippen LogP contribution < -0.4 is 10.6 Å². The SMILES string of the molecule is CN=C(NCc1cc(F)ccc1F)NC1CCN(CC2CCCCC2)CC1. The van der Waals surface area contributed by atoms with Gasteiger partial charge in [-0.05, 0) is 49.8 Å². The van der Waals surface area contributed by atoms with Crippen molar-refractivity contribution in [2.75, 3.05) is 26.7 Å². The van der Waals surface area contributed by atoms with Gasteiger partial charge >= 0.3 is 0 Å². The Morgan fingerprint density at radius 1 is 1.11 bits per heavy atom. The number of likely N-dealkylation sites (tertiary alicyclic amines) is 1. The monoisotopic (exact) mass is 378 g/mol. The zero-order chi connectivity index (χ0) is 19.1. The van der Waals surface area contributed by atoms with Gasteiger partial charge in [-0.3, -0.25) is 4.99 Å². The van der Waals surface area contributed by atoms with Crippen molar-refractivity contribution in [3.8, 4) is 0 Å². The highest BCUT2D eigenvalue weighted by Gasteiger charge is 2.23. The number of halogens is 2. The Bertz CT molecular complexity index is 621. The smallest absolute Gasteiger partial charge is 0.191 e. The minimum Gasteiger partial charge on any atom is -0.354 e. The summed E-state index contributed by atoms with van der Waals surface area (Å²) in [5.74, 6) is 0.695. The maximum atomic E-state index is 13.7. The van der Waals surface area contributed by atoms with Crippen LogP contribution >= 0.6 is 0 Å². The van der Waals surface area contributed by atoms with Crippen LogP contribution in [-0.4, -0.2) is 43.6 Å². The highest BCUT2D eigenvalue weighted by Crippen LogP contribution is 2.25. The Hall–Kier alpha value is -1.69. The highest BCUT2D eigenvalue weighted by atomic mass is 19.1. The lowest BCUT2D eigenvalue weighted by atomic mass is 9.88. The first-order valence-corrected chi connectivity index (χ1v) is 10.3. The third-order valence-electron chi connectivity index (χ3n) is 5.85. The summed E-state index contributed by atoms with van der Waals surface area (Å²) in [5, 5.41) is 6.53. The first kappa shape index (κ1) is 20.1. The molecule has 2 aliphatic rings. The van der Waals surface area contributed by atoms with Crippen molar-refractivity contribution in [1.29, 1.82) is 0 Å². The summed E-state index contributed by atoms with van der Waals surface area (Å²) in [6, 6.07) is 3.88. The van der Waals surface area contributed by atoms with Crippen LogP contribution in [0.25, 0.3) is 0 Å². The number of hydrogen-bond acceptors (Lipinski definition) is 2. The molecule has 27 heavy (non-hydrogen) atoms. The van der Waals surface area contributed by atoms with E-state index in [1.54, 1.807) is 7.05 Å². The fraction of sp³-hybridized carbons (Fsp3) is 0.667. The zero-order valence-electron chi connectivity index (χ0n) is 16.3. The lowest BCUT2D eigenvalue weighted by Crippen LogP contribution is -2.49. The van der Waals surface area contributed by atoms with E-state index in [-0.39, 0.29) is 6.54 Å². The second-order valence-electron chi connectivity index (χ2n) is 7.88. The van der Waals surface area contributed by atoms with E-state index in [4.69, 9.17) is 0 Å². The van der Waals surface area contributed by atoms with Gasteiger partial charge in [-0.25, -0.2) is 8.78 Å². The van der Waals surface area contributed by atoms with Gasteiger partial charge in [-0.1, -0.05) is 19.3 Å². The van der Waals surface area contributed by atoms with E-state index in [1.165, 1.54) is 44.7 Å². The minimum absolute atomic E-state index is 0.212. The summed E-state index contributed by atoms with van der Waals surface area (Å²) in [5.41, 5.74) is 0.306. The van der Waals surface area contributed by atoms with Gasteiger partial charge < -0.3 is 15.5 Å². The number of piperidine rings is 1. The molecule has 0 amide bonds. The maximum Gasteiger partial charge on any atom is 0.191 e. The molecule has 4 nitrogen and oxygen atoms in total. The van der Waals surface area contributed by atoms with Crippen molar-refractivity contribution >= 4 is 5.96 Å². The fourth-order valence-corrected chi connectivity index (χ4v) is 4.24. The van der Waals surface area contributed by atoms with E-state index in [9.17, 15) is 8.78 Å². The molecule has 1 aromatic rings. The molecule has 150 valence electrons. The molecule has 6 heteroatoms. The number of aliphatic imine (C=N–C) groups is 1. The minimum atomic E-state index is -0.429. The molecule has 1 aromatic carbocycles. The largest absolute Gasteiger partial charge is 0.354 e. The molecule has 3 rings (SSSR count). The van der Waals surface area contributed by atoms with E-state index in [1.807, 2.05) is 0 Å². The van der Waals surface area contributed by atoms with E-state index in [2.05, 4.69) is 20.5 Å². The number of nitrogens with zero attached hydrogens (tertiary/aromatic N) is 2. The number of hydrogen-bond donors (Lipinski definition) is 2. The van der Waals surface area contributed by atoms with E-state index in [0.29, 0.717) is 17.6 Å². The molecule has 1 aliphatic carbocycles. The van der Waals surface area contributed by atoms with Crippen molar-refractivity contribution in [2.45, 2.75) is 57.5 Å². The molecule has 0 spiro atoms. The number of benzene rings is 1. The van der Waals surface area contributed by atoms with E-state index < -0.39 is 11.6 Å². The van der Waals surface area contributed by atoms with Crippen LogP contribution in [0.5, 0.6) is 0 Å². The average molecular weight is 379 g/mol. The summed E-state index contributed by atoms with van der Waals surface area (Å²) >= 11 is 0. The Labute approximate surface area is 161 Å². The van der Waals surface area contributed by atoms with Gasteiger partial charge in [0.1, 0.15) is 11.6 Å². The van der Waals surface area contributed by atoms with Crippen LogP contribution in [0, 0.1) is 17.6 Å². The Balaban J connectivity index is 1.41. The van der Waals surface area contributed by atoms with Crippen molar-refractivity contribution in [1.82, 2.24) is 15.5 Å². The van der Waals surface area contributed by atoms with Crippen molar-refractivity contribution in [3.05, 3.63) is 35.4 Å². The summed E-state index contributed by atoms with van der Waals surface area (Å²) < 4.78 is 27.0. The van der Waals surface area contributed by atoms with Crippen LogP contribution in [0.1, 0.15) is 50.5 Å². The van der Waals surface area contributed by atoms with Crippen LogP contribution in [0.2, 0.25) is 0 Å². The standard InChI is InChI=1S/C21H32F2N4/c1-24-21(25-14-17-13-18(22)7-8-20(17)23)26-19-9-11-27(12-10-19)15-16-5-3-2-4-6-16/h7-8,13,16,19H,2-6,9-12,14-15H2,1H3,(H2,24,25,26). The van der Waals surface area contributed by atoms with Crippen molar-refractivity contribution in [2.24, 2.45) is 10.9 Å². The molecular formula is C21H32F2N4. The predicted molar refractivity (Wildman–Crippen MR) is 106 cm³/mol. The summed E-state index contributed by atoms with van der Waals surface area (Å²) in [6.07, 6.45) is 9.17. The first-order chi connectivity index (χ1) is 13.1. The molecule has 1 saturated carbocycles. The topological polar surface area (TPSA) is 39.7 Å². The zero-order valence-corrected chi connectivity index (χ0v) is 16.3. The quantitative estimate of drug-likeness (QED) is 0.607. The van der Waals surface area contributed by atoms with E-state index in [0.717, 1.165) is 44.0 Å². The van der Waals surface area contributed by atoms with Gasteiger partial charge in [0.25, 0.3) is 0 Å². The summed E-state index contributed by atoms with van der Waals surface area (Å²) in [7, 11) is 1.70. The Morgan fingerprint density at radius 2 is 1.85 bits per heavy atom. The molecule has 2 fully saturated rings. The molecule has 1 heterocycles. The Kier molecular flexibility index (Phi) is 7.44. The van der Waals surface area contributed by atoms with Gasteiger partial charge in [0.05, 0.1) is 0 Å². The van der Waals surface area contributed by atoms with Gasteiger partial charge in [0.15, 0.2) is 5.96 Å². The lowest BCUT2D eigenvalue weighted by molar-refractivity contribution is 0.160. The summed E-state index contributed by atoms with van der Waals surface area (Å²) in [4.78, 5) is 6.83. The normalized spacial score (nSPS) is 20.6. The van der Waals surface area contributed by atoms with Crippen LogP contribution in [0.15, 0.2) is 23.2 Å². The van der Waals surface area contributed by atoms with Crippen LogP contribution in [0.4, 0.5) is 8.78 Å². The highest BCUT2D eigenvalue weighted by molar-refractivity contribution is 5.79. The number of guanidine groups is 1. The third kappa shape index (κ3) is 6.16. The molecular weight excluding hydrogens is 346 g/mol. The van der Waals surface area contributed by atoms with Crippen molar-refractivity contribution < 1.29 is 8.78 Å². The maximum absolute atomic E-state index is 13.7. The molecule has 1 aliphatic heterocycles. The summed E-state index contributed by atoms with van der Waals surface area (Å²) in [6.45, 7) is 3.69. The van der Waals surface area contributed by atoms with Crippen LogP contribution in [-0.2, 0) is 6.54 Å². The lowest BCUT2D eigenvalue weighted by Gasteiger charge is -2.36. The molecule has 0 aromatic heterocycles. The molecule has 2 N–H and O–H groups in total. The molecule has 0 unspecified atom stereocenters. The fourth-order valence-electron chi connectivity index (χ4n) is 4.24. The Morgan fingerprint density at radius 3 is 2.56 bits per heavy atom. The number of rotatable bonds is 5. The average Bonchev–Trinajstić information content (AvgIpc) is 2.69. The predicted octanol–water partition coefficient (Wildman–Crippen LogP) is 3.67. The second kappa shape index (κ2) is 10.0. The van der Waals surface area contributed by atoms with Gasteiger partial charge in [0, 0.05) is 44.8 Å². The van der Waals surface area contributed by atoms with Gasteiger partial charge in [0.2, 0.25) is 0 Å². The van der Waals surface area contributed by atoms with Crippen molar-refractivity contribution in [3.63, 3.8) is 0 Å².